The van der Waals surface area contributed by atoms with Crippen LogP contribution in [0.4, 0.5) is 0 Å². The Balaban J connectivity index is 2.73. The second-order valence-electron chi connectivity index (χ2n) is 5.13. The van der Waals surface area contributed by atoms with Crippen molar-refractivity contribution >= 4 is 12.0 Å². The molecule has 1 rings (SSSR count). The van der Waals surface area contributed by atoms with E-state index in [1.807, 2.05) is 57.2 Å². The molecule has 0 atom stereocenters. The number of carbonyl (C=O) groups excluding carboxylic acids is 1. The number of ether oxygens (including phenoxy) is 2. The average Bonchev–Trinajstić information content (AvgIpc) is 2.45. The summed E-state index contributed by atoms with van der Waals surface area (Å²) in [5.41, 5.74) is 1.54. The summed E-state index contributed by atoms with van der Waals surface area (Å²) < 4.78 is 10.8. The number of hydrogen-bond acceptors (Lipinski definition) is 3. The van der Waals surface area contributed by atoms with Gasteiger partial charge < -0.3 is 9.47 Å². The Bertz CT molecular complexity index is 421. The van der Waals surface area contributed by atoms with E-state index < -0.39 is 0 Å². The first-order valence-electron chi connectivity index (χ1n) is 7.14. The fraction of sp³-hybridized carbons (Fsp3) is 0.471. The number of rotatable bonds is 8. The predicted molar refractivity (Wildman–Crippen MR) is 81.3 cm³/mol. The lowest BCUT2D eigenvalue weighted by Gasteiger charge is -2.10. The van der Waals surface area contributed by atoms with Crippen LogP contribution in [-0.4, -0.2) is 25.8 Å². The molecule has 0 heterocycles. The summed E-state index contributed by atoms with van der Waals surface area (Å²) in [6.07, 6.45) is 2.76. The molecule has 110 valence electrons. The van der Waals surface area contributed by atoms with Gasteiger partial charge >= 0.3 is 5.97 Å². The average molecular weight is 276 g/mol. The van der Waals surface area contributed by atoms with E-state index in [9.17, 15) is 4.79 Å². The lowest BCUT2D eigenvalue weighted by Crippen LogP contribution is -2.16. The fourth-order valence-electron chi connectivity index (χ4n) is 1.57. The SMILES string of the molecule is CCCOCC(=Cc1ccccc1)C(=O)OCC(C)C. The van der Waals surface area contributed by atoms with Gasteiger partial charge in [-0.15, -0.1) is 0 Å². The summed E-state index contributed by atoms with van der Waals surface area (Å²) in [5.74, 6) is 0.0344. The molecular weight excluding hydrogens is 252 g/mol. The fourth-order valence-corrected chi connectivity index (χ4v) is 1.57. The van der Waals surface area contributed by atoms with E-state index >= 15 is 0 Å². The van der Waals surface area contributed by atoms with Crippen molar-refractivity contribution in [3.63, 3.8) is 0 Å². The van der Waals surface area contributed by atoms with E-state index in [0.717, 1.165) is 12.0 Å². The highest BCUT2D eigenvalue weighted by molar-refractivity contribution is 5.94. The molecule has 0 amide bonds. The Morgan fingerprint density at radius 1 is 1.25 bits per heavy atom. The lowest BCUT2D eigenvalue weighted by atomic mass is 10.1. The van der Waals surface area contributed by atoms with E-state index in [0.29, 0.717) is 31.3 Å². The van der Waals surface area contributed by atoms with Crippen molar-refractivity contribution in [2.45, 2.75) is 27.2 Å². The molecule has 3 nitrogen and oxygen atoms in total. The van der Waals surface area contributed by atoms with Gasteiger partial charge in [-0.05, 0) is 24.0 Å². The molecule has 0 saturated carbocycles. The van der Waals surface area contributed by atoms with Crippen LogP contribution in [0.2, 0.25) is 0 Å². The summed E-state index contributed by atoms with van der Waals surface area (Å²) in [6, 6.07) is 9.73. The Morgan fingerprint density at radius 2 is 1.95 bits per heavy atom. The molecular formula is C17H24O3. The molecule has 20 heavy (non-hydrogen) atoms. The van der Waals surface area contributed by atoms with Gasteiger partial charge in [0, 0.05) is 6.61 Å². The summed E-state index contributed by atoms with van der Waals surface area (Å²) in [6.45, 7) is 7.43. The van der Waals surface area contributed by atoms with Gasteiger partial charge in [0.15, 0.2) is 0 Å². The first-order valence-corrected chi connectivity index (χ1v) is 7.14. The van der Waals surface area contributed by atoms with E-state index in [4.69, 9.17) is 9.47 Å². The van der Waals surface area contributed by atoms with Gasteiger partial charge in [-0.2, -0.15) is 0 Å². The van der Waals surface area contributed by atoms with E-state index in [1.54, 1.807) is 0 Å². The second kappa shape index (κ2) is 9.32. The third-order valence-electron chi connectivity index (χ3n) is 2.56. The molecule has 0 unspecified atom stereocenters. The van der Waals surface area contributed by atoms with Crippen LogP contribution in [0.25, 0.3) is 6.08 Å². The van der Waals surface area contributed by atoms with Gasteiger partial charge in [0.05, 0.1) is 18.8 Å². The molecule has 1 aromatic rings. The van der Waals surface area contributed by atoms with Crippen LogP contribution >= 0.6 is 0 Å². The molecule has 0 aliphatic carbocycles. The number of esters is 1. The highest BCUT2D eigenvalue weighted by Gasteiger charge is 2.12. The van der Waals surface area contributed by atoms with Crippen LogP contribution in [0.1, 0.15) is 32.8 Å². The van der Waals surface area contributed by atoms with E-state index in [2.05, 4.69) is 0 Å². The lowest BCUT2D eigenvalue weighted by molar-refractivity contribution is -0.140. The zero-order chi connectivity index (χ0) is 14.8. The third kappa shape index (κ3) is 6.53. The normalized spacial score (nSPS) is 11.7. The topological polar surface area (TPSA) is 35.5 Å². The highest BCUT2D eigenvalue weighted by Crippen LogP contribution is 2.10. The quantitative estimate of drug-likeness (QED) is 0.412. The minimum Gasteiger partial charge on any atom is -0.462 e. The molecule has 0 aliphatic rings. The number of carbonyl (C=O) groups is 1. The predicted octanol–water partition coefficient (Wildman–Crippen LogP) is 3.70. The van der Waals surface area contributed by atoms with Gasteiger partial charge in [0.1, 0.15) is 0 Å². The minimum absolute atomic E-state index is 0.291. The van der Waals surface area contributed by atoms with Gasteiger partial charge in [0.2, 0.25) is 0 Å². The molecule has 0 saturated heterocycles. The zero-order valence-electron chi connectivity index (χ0n) is 12.6. The Labute approximate surface area is 121 Å². The molecule has 0 fully saturated rings. The number of benzene rings is 1. The molecule has 0 aromatic heterocycles. The molecule has 0 aliphatic heterocycles. The van der Waals surface area contributed by atoms with Crippen LogP contribution in [0.3, 0.4) is 0 Å². The van der Waals surface area contributed by atoms with Gasteiger partial charge in [0.25, 0.3) is 0 Å². The van der Waals surface area contributed by atoms with E-state index in [1.165, 1.54) is 0 Å². The van der Waals surface area contributed by atoms with Crippen LogP contribution < -0.4 is 0 Å². The van der Waals surface area contributed by atoms with Crippen molar-refractivity contribution in [2.75, 3.05) is 19.8 Å². The molecule has 0 bridgehead atoms. The van der Waals surface area contributed by atoms with Crippen molar-refractivity contribution in [1.29, 1.82) is 0 Å². The highest BCUT2D eigenvalue weighted by atomic mass is 16.5. The summed E-state index contributed by atoms with van der Waals surface area (Å²) in [7, 11) is 0. The smallest absolute Gasteiger partial charge is 0.336 e. The molecule has 0 N–H and O–H groups in total. The standard InChI is InChI=1S/C17H24O3/c1-4-10-19-13-16(17(18)20-12-14(2)3)11-15-8-6-5-7-9-15/h5-9,11,14H,4,10,12-13H2,1-3H3. The summed E-state index contributed by atoms with van der Waals surface area (Å²) in [4.78, 5) is 12.1. The Kier molecular flexibility index (Phi) is 7.66. The van der Waals surface area contributed by atoms with Gasteiger partial charge in [-0.3, -0.25) is 0 Å². The van der Waals surface area contributed by atoms with Crippen LogP contribution in [-0.2, 0) is 14.3 Å². The maximum Gasteiger partial charge on any atom is 0.336 e. The second-order valence-corrected chi connectivity index (χ2v) is 5.13. The Hall–Kier alpha value is -1.61. The molecule has 3 heteroatoms. The molecule has 1 aromatic carbocycles. The van der Waals surface area contributed by atoms with Crippen molar-refractivity contribution in [1.82, 2.24) is 0 Å². The van der Waals surface area contributed by atoms with Gasteiger partial charge in [-0.25, -0.2) is 4.79 Å². The van der Waals surface area contributed by atoms with Crippen molar-refractivity contribution in [3.8, 4) is 0 Å². The van der Waals surface area contributed by atoms with Crippen molar-refractivity contribution in [3.05, 3.63) is 41.5 Å². The van der Waals surface area contributed by atoms with E-state index in [-0.39, 0.29) is 5.97 Å². The molecule has 0 spiro atoms. The summed E-state index contributed by atoms with van der Waals surface area (Å²) in [5, 5.41) is 0. The summed E-state index contributed by atoms with van der Waals surface area (Å²) >= 11 is 0. The third-order valence-corrected chi connectivity index (χ3v) is 2.56. The minimum atomic E-state index is -0.293. The largest absolute Gasteiger partial charge is 0.462 e. The molecule has 0 radical (unpaired) electrons. The zero-order valence-corrected chi connectivity index (χ0v) is 12.6. The first kappa shape index (κ1) is 16.4. The van der Waals surface area contributed by atoms with Crippen molar-refractivity contribution in [2.24, 2.45) is 5.92 Å². The maximum absolute atomic E-state index is 12.1. The van der Waals surface area contributed by atoms with Gasteiger partial charge in [-0.1, -0.05) is 51.1 Å². The monoisotopic (exact) mass is 276 g/mol. The Morgan fingerprint density at radius 3 is 2.55 bits per heavy atom. The van der Waals surface area contributed by atoms with Crippen LogP contribution in [0.5, 0.6) is 0 Å². The van der Waals surface area contributed by atoms with Crippen molar-refractivity contribution < 1.29 is 14.3 Å². The van der Waals surface area contributed by atoms with Crippen LogP contribution in [0.15, 0.2) is 35.9 Å². The first-order chi connectivity index (χ1) is 9.63. The van der Waals surface area contributed by atoms with Crippen LogP contribution in [0, 0.1) is 5.92 Å². The maximum atomic E-state index is 12.1. The number of hydrogen-bond donors (Lipinski definition) is 0.